The number of ether oxygens (including phenoxy) is 1. The lowest BCUT2D eigenvalue weighted by Crippen LogP contribution is -2.05. The predicted octanol–water partition coefficient (Wildman–Crippen LogP) is 3.36. The molecule has 0 unspecified atom stereocenters. The Morgan fingerprint density at radius 3 is 2.68 bits per heavy atom. The molecule has 0 aliphatic carbocycles. The molecule has 22 heavy (non-hydrogen) atoms. The molecule has 1 aromatic heterocycles. The first-order valence-electron chi connectivity index (χ1n) is 6.03. The van der Waals surface area contributed by atoms with E-state index in [1.165, 1.54) is 6.07 Å². The van der Waals surface area contributed by atoms with E-state index < -0.39 is 30.3 Å². The fraction of sp³-hybridized carbons (Fsp3) is 0.231. The van der Waals surface area contributed by atoms with Crippen LogP contribution in [0.2, 0.25) is 0 Å². The number of rotatable bonds is 5. The van der Waals surface area contributed by atoms with E-state index in [9.17, 15) is 22.4 Å². The minimum absolute atomic E-state index is 0.188. The van der Waals surface area contributed by atoms with Gasteiger partial charge in [-0.1, -0.05) is 6.07 Å². The van der Waals surface area contributed by atoms with Gasteiger partial charge in [0.05, 0.1) is 12.1 Å². The number of carboxylic acid groups (broad SMARTS) is 1. The molecule has 0 radical (unpaired) electrons. The molecule has 0 bridgehead atoms. The minimum atomic E-state index is -4.55. The smallest absolute Gasteiger partial charge is 0.416 e. The zero-order chi connectivity index (χ0) is 16.3. The summed E-state index contributed by atoms with van der Waals surface area (Å²) in [6.07, 6.45) is -3.51. The second kappa shape index (κ2) is 6.04. The lowest BCUT2D eigenvalue weighted by Gasteiger charge is -2.09. The van der Waals surface area contributed by atoms with Gasteiger partial charge >= 0.3 is 12.1 Å². The van der Waals surface area contributed by atoms with Crippen LogP contribution in [0.4, 0.5) is 17.6 Å². The number of aryl methyl sites for hydroxylation is 1. The maximum absolute atomic E-state index is 12.6. The van der Waals surface area contributed by atoms with Gasteiger partial charge in [0.15, 0.2) is 0 Å². The van der Waals surface area contributed by atoms with E-state index in [4.69, 9.17) is 9.84 Å². The SMILES string of the molecule is O=C(O)c1cn(CCF)nc1Oc1cccc(C(F)(F)F)c1. The first kappa shape index (κ1) is 15.8. The highest BCUT2D eigenvalue weighted by atomic mass is 19.4. The Labute approximate surface area is 121 Å². The number of carboxylic acids is 1. The zero-order valence-corrected chi connectivity index (χ0v) is 11.0. The van der Waals surface area contributed by atoms with Crippen LogP contribution in [0, 0.1) is 0 Å². The van der Waals surface area contributed by atoms with Crippen molar-refractivity contribution in [1.82, 2.24) is 9.78 Å². The summed E-state index contributed by atoms with van der Waals surface area (Å²) in [5.74, 6) is -2.00. The number of hydrogen-bond acceptors (Lipinski definition) is 3. The number of hydrogen-bond donors (Lipinski definition) is 1. The fourth-order valence-electron chi connectivity index (χ4n) is 1.67. The molecule has 0 aliphatic rings. The van der Waals surface area contributed by atoms with Crippen molar-refractivity contribution in [2.45, 2.75) is 12.7 Å². The number of alkyl halides is 4. The van der Waals surface area contributed by atoms with Gasteiger partial charge in [-0.15, -0.1) is 5.10 Å². The second-order valence-electron chi connectivity index (χ2n) is 4.23. The number of aromatic carboxylic acids is 1. The van der Waals surface area contributed by atoms with Crippen LogP contribution in [0.25, 0.3) is 0 Å². The minimum Gasteiger partial charge on any atom is -0.477 e. The summed E-state index contributed by atoms with van der Waals surface area (Å²) in [5, 5.41) is 12.7. The summed E-state index contributed by atoms with van der Waals surface area (Å²) >= 11 is 0. The third kappa shape index (κ3) is 3.54. The summed E-state index contributed by atoms with van der Waals surface area (Å²) in [6, 6.07) is 3.93. The quantitative estimate of drug-likeness (QED) is 0.859. The van der Waals surface area contributed by atoms with E-state index in [0.29, 0.717) is 0 Å². The molecule has 0 saturated carbocycles. The normalized spacial score (nSPS) is 11.5. The van der Waals surface area contributed by atoms with E-state index in [1.54, 1.807) is 0 Å². The molecule has 1 N–H and O–H groups in total. The fourth-order valence-corrected chi connectivity index (χ4v) is 1.67. The number of nitrogens with zero attached hydrogens (tertiary/aromatic N) is 2. The Morgan fingerprint density at radius 2 is 2.09 bits per heavy atom. The molecular formula is C13H10F4N2O3. The van der Waals surface area contributed by atoms with E-state index >= 15 is 0 Å². The van der Waals surface area contributed by atoms with Gasteiger partial charge < -0.3 is 9.84 Å². The summed E-state index contributed by atoms with van der Waals surface area (Å²) in [4.78, 5) is 11.0. The Balaban J connectivity index is 2.32. The molecule has 1 aromatic carbocycles. The van der Waals surface area contributed by atoms with Crippen LogP contribution >= 0.6 is 0 Å². The van der Waals surface area contributed by atoms with Gasteiger partial charge in [0, 0.05) is 6.20 Å². The molecule has 0 saturated heterocycles. The first-order chi connectivity index (χ1) is 10.3. The van der Waals surface area contributed by atoms with Crippen LogP contribution < -0.4 is 4.74 Å². The molecule has 0 amide bonds. The van der Waals surface area contributed by atoms with Crippen LogP contribution in [0.1, 0.15) is 15.9 Å². The molecule has 9 heteroatoms. The van der Waals surface area contributed by atoms with Gasteiger partial charge in [-0.3, -0.25) is 4.68 Å². The predicted molar refractivity (Wildman–Crippen MR) is 66.7 cm³/mol. The summed E-state index contributed by atoms with van der Waals surface area (Å²) in [5.41, 5.74) is -1.31. The number of aromatic nitrogens is 2. The van der Waals surface area contributed by atoms with Crippen molar-refractivity contribution in [2.24, 2.45) is 0 Å². The molecular weight excluding hydrogens is 308 g/mol. The first-order valence-corrected chi connectivity index (χ1v) is 6.03. The number of halogens is 4. The molecule has 5 nitrogen and oxygen atoms in total. The maximum atomic E-state index is 12.6. The van der Waals surface area contributed by atoms with Gasteiger partial charge in [-0.2, -0.15) is 13.2 Å². The van der Waals surface area contributed by atoms with E-state index in [0.717, 1.165) is 29.1 Å². The third-order valence-electron chi connectivity index (χ3n) is 2.65. The highest BCUT2D eigenvalue weighted by Crippen LogP contribution is 2.33. The van der Waals surface area contributed by atoms with Crippen LogP contribution in [-0.4, -0.2) is 27.5 Å². The Bertz CT molecular complexity index is 682. The molecule has 0 fully saturated rings. The van der Waals surface area contributed by atoms with Crippen molar-refractivity contribution in [3.8, 4) is 11.6 Å². The largest absolute Gasteiger partial charge is 0.477 e. The highest BCUT2D eigenvalue weighted by molar-refractivity contribution is 5.90. The lowest BCUT2D eigenvalue weighted by molar-refractivity contribution is -0.137. The van der Waals surface area contributed by atoms with Crippen molar-refractivity contribution in [3.05, 3.63) is 41.6 Å². The lowest BCUT2D eigenvalue weighted by atomic mass is 10.2. The summed E-state index contributed by atoms with van der Waals surface area (Å²) < 4.78 is 56.2. The van der Waals surface area contributed by atoms with Gasteiger partial charge in [0.1, 0.15) is 18.0 Å². The summed E-state index contributed by atoms with van der Waals surface area (Å²) in [7, 11) is 0. The van der Waals surface area contributed by atoms with Crippen LogP contribution in [0.15, 0.2) is 30.5 Å². The average Bonchev–Trinajstić information content (AvgIpc) is 2.81. The zero-order valence-electron chi connectivity index (χ0n) is 11.0. The number of benzene rings is 1. The standard InChI is InChI=1S/C13H10F4N2O3/c14-4-5-19-7-10(12(20)21)11(18-19)22-9-3-1-2-8(6-9)13(15,16)17/h1-3,6-7H,4-5H2,(H,20,21). The monoisotopic (exact) mass is 318 g/mol. The van der Waals surface area contributed by atoms with Gasteiger partial charge in [-0.25, -0.2) is 9.18 Å². The topological polar surface area (TPSA) is 64.3 Å². The third-order valence-corrected chi connectivity index (χ3v) is 2.65. The maximum Gasteiger partial charge on any atom is 0.416 e. The van der Waals surface area contributed by atoms with Crippen molar-refractivity contribution in [1.29, 1.82) is 0 Å². The second-order valence-corrected chi connectivity index (χ2v) is 4.23. The summed E-state index contributed by atoms with van der Waals surface area (Å²) in [6.45, 7) is -0.962. The molecule has 0 atom stereocenters. The van der Waals surface area contributed by atoms with Gasteiger partial charge in [0.2, 0.25) is 0 Å². The van der Waals surface area contributed by atoms with Crippen LogP contribution in [-0.2, 0) is 12.7 Å². The molecule has 2 rings (SSSR count). The van der Waals surface area contributed by atoms with Crippen molar-refractivity contribution in [2.75, 3.05) is 6.67 Å². The molecule has 0 aliphatic heterocycles. The Hall–Kier alpha value is -2.58. The Kier molecular flexibility index (Phi) is 4.34. The van der Waals surface area contributed by atoms with Crippen LogP contribution in [0.5, 0.6) is 11.6 Å². The average molecular weight is 318 g/mol. The van der Waals surface area contributed by atoms with E-state index in [-0.39, 0.29) is 17.9 Å². The molecule has 2 aromatic rings. The van der Waals surface area contributed by atoms with Gasteiger partial charge in [0.25, 0.3) is 5.88 Å². The highest BCUT2D eigenvalue weighted by Gasteiger charge is 2.30. The molecule has 0 spiro atoms. The van der Waals surface area contributed by atoms with Crippen molar-refractivity contribution in [3.63, 3.8) is 0 Å². The molecule has 118 valence electrons. The van der Waals surface area contributed by atoms with E-state index in [2.05, 4.69) is 5.10 Å². The molecule has 1 heterocycles. The Morgan fingerprint density at radius 1 is 1.36 bits per heavy atom. The van der Waals surface area contributed by atoms with Crippen molar-refractivity contribution >= 4 is 5.97 Å². The van der Waals surface area contributed by atoms with Gasteiger partial charge in [-0.05, 0) is 18.2 Å². The van der Waals surface area contributed by atoms with Crippen LogP contribution in [0.3, 0.4) is 0 Å². The number of carbonyl (C=O) groups is 1. The van der Waals surface area contributed by atoms with E-state index in [1.807, 2.05) is 0 Å². The van der Waals surface area contributed by atoms with Crippen molar-refractivity contribution < 1.29 is 32.2 Å².